The molecule has 7 heteroatoms. The van der Waals surface area contributed by atoms with E-state index >= 15 is 0 Å². The lowest BCUT2D eigenvalue weighted by Gasteiger charge is -1.97. The summed E-state index contributed by atoms with van der Waals surface area (Å²) in [7, 11) is 0. The molecule has 0 spiro atoms. The lowest BCUT2D eigenvalue weighted by atomic mass is 10.1. The van der Waals surface area contributed by atoms with Gasteiger partial charge in [0.25, 0.3) is 5.91 Å². The highest BCUT2D eigenvalue weighted by atomic mass is 32.1. The van der Waals surface area contributed by atoms with E-state index in [1.165, 1.54) is 11.3 Å². The van der Waals surface area contributed by atoms with Gasteiger partial charge in [-0.05, 0) is 19.1 Å². The van der Waals surface area contributed by atoms with Crippen molar-refractivity contribution in [3.05, 3.63) is 71.4 Å². The van der Waals surface area contributed by atoms with Gasteiger partial charge in [0.1, 0.15) is 5.69 Å². The zero-order chi connectivity index (χ0) is 17.9. The Morgan fingerprint density at radius 1 is 1.12 bits per heavy atom. The van der Waals surface area contributed by atoms with E-state index < -0.39 is 0 Å². The number of hydrogen-bond donors (Lipinski definition) is 1. The highest BCUT2D eigenvalue weighted by Gasteiger charge is 2.16. The van der Waals surface area contributed by atoms with Crippen LogP contribution in [0.4, 0.5) is 5.13 Å². The Bertz CT molecular complexity index is 1040. The number of benzene rings is 1. The van der Waals surface area contributed by atoms with Crippen molar-refractivity contribution in [2.45, 2.75) is 6.92 Å². The van der Waals surface area contributed by atoms with Gasteiger partial charge in [0, 0.05) is 23.2 Å². The first-order chi connectivity index (χ1) is 12.7. The Balaban J connectivity index is 1.49. The van der Waals surface area contributed by atoms with Gasteiger partial charge in [-0.2, -0.15) is 0 Å². The maximum Gasteiger partial charge on any atom is 0.279 e. The molecule has 3 heterocycles. The van der Waals surface area contributed by atoms with Gasteiger partial charge < -0.3 is 4.52 Å². The van der Waals surface area contributed by atoms with Crippen molar-refractivity contribution < 1.29 is 9.32 Å². The molecule has 4 aromatic rings. The van der Waals surface area contributed by atoms with Crippen molar-refractivity contribution in [2.24, 2.45) is 0 Å². The number of aryl methyl sites for hydroxylation is 1. The molecule has 6 nitrogen and oxygen atoms in total. The fourth-order valence-electron chi connectivity index (χ4n) is 2.36. The minimum absolute atomic E-state index is 0.204. The fraction of sp³-hybridized carbons (Fsp3) is 0.0526. The van der Waals surface area contributed by atoms with E-state index in [2.05, 4.69) is 20.4 Å². The van der Waals surface area contributed by atoms with Crippen LogP contribution in [0, 0.1) is 6.92 Å². The molecule has 0 radical (unpaired) electrons. The molecule has 3 aromatic heterocycles. The summed E-state index contributed by atoms with van der Waals surface area (Å²) in [5.74, 6) is 0.178. The number of anilines is 1. The summed E-state index contributed by atoms with van der Waals surface area (Å²) in [4.78, 5) is 21.0. The summed E-state index contributed by atoms with van der Waals surface area (Å²) < 4.78 is 5.29. The van der Waals surface area contributed by atoms with Gasteiger partial charge in [-0.1, -0.05) is 41.1 Å². The first kappa shape index (κ1) is 16.2. The van der Waals surface area contributed by atoms with E-state index in [0.29, 0.717) is 16.6 Å². The largest absolute Gasteiger partial charge is 0.355 e. The van der Waals surface area contributed by atoms with Gasteiger partial charge in [0.2, 0.25) is 0 Å². The molecule has 1 amide bonds. The molecule has 0 aliphatic rings. The average molecular weight is 362 g/mol. The molecule has 1 N–H and O–H groups in total. The second-order valence-corrected chi connectivity index (χ2v) is 6.51. The van der Waals surface area contributed by atoms with Crippen LogP contribution >= 0.6 is 11.3 Å². The molecule has 0 atom stereocenters. The van der Waals surface area contributed by atoms with Crippen molar-refractivity contribution in [3.63, 3.8) is 0 Å². The van der Waals surface area contributed by atoms with Gasteiger partial charge >= 0.3 is 0 Å². The van der Waals surface area contributed by atoms with Crippen LogP contribution < -0.4 is 5.32 Å². The Labute approximate surface area is 153 Å². The molecule has 128 valence electrons. The molecule has 1 aromatic carbocycles. The van der Waals surface area contributed by atoms with E-state index in [4.69, 9.17) is 4.52 Å². The minimum atomic E-state index is -0.367. The van der Waals surface area contributed by atoms with Crippen molar-refractivity contribution in [1.82, 2.24) is 15.1 Å². The van der Waals surface area contributed by atoms with Crippen molar-refractivity contribution in [2.75, 3.05) is 5.32 Å². The molecule has 0 aliphatic heterocycles. The van der Waals surface area contributed by atoms with Gasteiger partial charge in [-0.3, -0.25) is 15.1 Å². The number of amides is 1. The predicted octanol–water partition coefficient (Wildman–Crippen LogP) is 4.42. The zero-order valence-corrected chi connectivity index (χ0v) is 14.7. The monoisotopic (exact) mass is 362 g/mol. The van der Waals surface area contributed by atoms with Crippen LogP contribution in [0.5, 0.6) is 0 Å². The SMILES string of the molecule is Cc1ccc(-c2cc(C(=O)Nc3nc(-c4ccccn4)cs3)no2)cc1. The topological polar surface area (TPSA) is 80.9 Å². The Kier molecular flexibility index (Phi) is 4.28. The number of rotatable bonds is 4. The Hall–Kier alpha value is -3.32. The third kappa shape index (κ3) is 3.38. The normalized spacial score (nSPS) is 10.7. The lowest BCUT2D eigenvalue weighted by molar-refractivity contribution is 0.101. The number of aromatic nitrogens is 3. The second-order valence-electron chi connectivity index (χ2n) is 5.65. The highest BCUT2D eigenvalue weighted by Crippen LogP contribution is 2.24. The van der Waals surface area contributed by atoms with E-state index in [9.17, 15) is 4.79 Å². The Morgan fingerprint density at radius 2 is 1.96 bits per heavy atom. The highest BCUT2D eigenvalue weighted by molar-refractivity contribution is 7.14. The van der Waals surface area contributed by atoms with Crippen LogP contribution in [0.15, 0.2) is 64.6 Å². The van der Waals surface area contributed by atoms with E-state index in [1.807, 2.05) is 54.8 Å². The molecule has 0 fully saturated rings. The molecule has 4 rings (SSSR count). The smallest absolute Gasteiger partial charge is 0.279 e. The third-order valence-electron chi connectivity index (χ3n) is 3.73. The summed E-state index contributed by atoms with van der Waals surface area (Å²) in [6.07, 6.45) is 1.70. The number of nitrogens with one attached hydrogen (secondary N) is 1. The average Bonchev–Trinajstić information content (AvgIpc) is 3.33. The quantitative estimate of drug-likeness (QED) is 0.581. The van der Waals surface area contributed by atoms with Crippen molar-refractivity contribution in [3.8, 4) is 22.7 Å². The summed E-state index contributed by atoms with van der Waals surface area (Å²) in [6, 6.07) is 15.0. The van der Waals surface area contributed by atoms with Crippen LogP contribution in [0.1, 0.15) is 16.1 Å². The fourth-order valence-corrected chi connectivity index (χ4v) is 3.06. The van der Waals surface area contributed by atoms with E-state index in [-0.39, 0.29) is 11.6 Å². The Morgan fingerprint density at radius 3 is 2.73 bits per heavy atom. The first-order valence-electron chi connectivity index (χ1n) is 7.91. The molecule has 0 unspecified atom stereocenters. The van der Waals surface area contributed by atoms with Crippen LogP contribution in [0.3, 0.4) is 0 Å². The molecule has 0 aliphatic carbocycles. The standard InChI is InChI=1S/C19H14N4O2S/c1-12-5-7-13(8-6-12)17-10-15(23-25-17)18(24)22-19-21-16(11-26-19)14-4-2-3-9-20-14/h2-11H,1H3,(H,21,22,24). The maximum absolute atomic E-state index is 12.4. The number of nitrogens with zero attached hydrogens (tertiary/aromatic N) is 3. The minimum Gasteiger partial charge on any atom is -0.355 e. The molecule has 0 bridgehead atoms. The number of carbonyl (C=O) groups excluding carboxylic acids is 1. The van der Waals surface area contributed by atoms with Crippen LogP contribution in [-0.4, -0.2) is 21.0 Å². The lowest BCUT2D eigenvalue weighted by Crippen LogP contribution is -2.11. The van der Waals surface area contributed by atoms with Crippen molar-refractivity contribution in [1.29, 1.82) is 0 Å². The van der Waals surface area contributed by atoms with Gasteiger partial charge in [-0.15, -0.1) is 11.3 Å². The van der Waals surface area contributed by atoms with Gasteiger partial charge in [0.15, 0.2) is 16.6 Å². The van der Waals surface area contributed by atoms with Crippen LogP contribution in [0.25, 0.3) is 22.7 Å². The van der Waals surface area contributed by atoms with Gasteiger partial charge in [0.05, 0.1) is 5.69 Å². The van der Waals surface area contributed by atoms with Crippen LogP contribution in [-0.2, 0) is 0 Å². The second kappa shape index (κ2) is 6.89. The van der Waals surface area contributed by atoms with Crippen molar-refractivity contribution >= 4 is 22.4 Å². The number of thiazole rings is 1. The summed E-state index contributed by atoms with van der Waals surface area (Å²) >= 11 is 1.33. The van der Waals surface area contributed by atoms with Gasteiger partial charge in [-0.25, -0.2) is 4.98 Å². The molecule has 26 heavy (non-hydrogen) atoms. The van der Waals surface area contributed by atoms with E-state index in [1.54, 1.807) is 12.3 Å². The number of hydrogen-bond acceptors (Lipinski definition) is 6. The zero-order valence-electron chi connectivity index (χ0n) is 13.8. The molecular formula is C19H14N4O2S. The van der Waals surface area contributed by atoms with Crippen LogP contribution in [0.2, 0.25) is 0 Å². The first-order valence-corrected chi connectivity index (χ1v) is 8.79. The molecule has 0 saturated heterocycles. The summed E-state index contributed by atoms with van der Waals surface area (Å²) in [6.45, 7) is 2.01. The third-order valence-corrected chi connectivity index (χ3v) is 4.49. The number of carbonyl (C=O) groups is 1. The summed E-state index contributed by atoms with van der Waals surface area (Å²) in [5.41, 5.74) is 3.70. The molecule has 0 saturated carbocycles. The maximum atomic E-state index is 12.4. The summed E-state index contributed by atoms with van der Waals surface area (Å²) in [5, 5.41) is 8.92. The number of pyridine rings is 1. The van der Waals surface area contributed by atoms with E-state index in [0.717, 1.165) is 16.8 Å². The molecular weight excluding hydrogens is 348 g/mol. The predicted molar refractivity (Wildman–Crippen MR) is 100.0 cm³/mol.